The van der Waals surface area contributed by atoms with Gasteiger partial charge in [0.25, 0.3) is 0 Å². The van der Waals surface area contributed by atoms with Gasteiger partial charge in [-0.2, -0.15) is 0 Å². The lowest BCUT2D eigenvalue weighted by Gasteiger charge is -2.16. The van der Waals surface area contributed by atoms with Crippen molar-refractivity contribution >= 4 is 5.97 Å². The summed E-state index contributed by atoms with van der Waals surface area (Å²) in [6.45, 7) is 9.68. The molecule has 0 aliphatic rings. The van der Waals surface area contributed by atoms with Crippen LogP contribution >= 0.6 is 0 Å². The first kappa shape index (κ1) is 20.4. The van der Waals surface area contributed by atoms with Gasteiger partial charge >= 0.3 is 5.97 Å². The molecular weight excluding hydrogens is 244 g/mol. The maximum atomic E-state index is 10.7. The minimum absolute atomic E-state index is 0.0451. The van der Waals surface area contributed by atoms with E-state index in [9.17, 15) is 4.79 Å². The Morgan fingerprint density at radius 2 is 1.47 bits per heavy atom. The molecule has 0 aromatic carbocycles. The third kappa shape index (κ3) is 9.68. The number of allylic oxidation sites excluding steroid dienone is 1. The lowest BCUT2D eigenvalue weighted by Crippen LogP contribution is -2.20. The molecule has 0 aromatic heterocycles. The van der Waals surface area contributed by atoms with Crippen LogP contribution < -0.4 is 0 Å². The van der Waals surface area contributed by atoms with Gasteiger partial charge in [0.15, 0.2) is 0 Å². The number of carboxylic acid groups (broad SMARTS) is 1. The van der Waals surface area contributed by atoms with E-state index in [2.05, 4.69) is 6.92 Å². The van der Waals surface area contributed by atoms with Gasteiger partial charge in [-0.05, 0) is 19.3 Å². The number of carbonyl (C=O) groups is 1. The minimum atomic E-state index is -0.747. The summed E-state index contributed by atoms with van der Waals surface area (Å²) in [5.74, 6) is -0.747. The molecule has 0 bridgehead atoms. The SMILES string of the molecule is CC(C)(CO)CO.CCCC(CC)=C(CC)C(=O)O. The van der Waals surface area contributed by atoms with Crippen LogP contribution in [0.25, 0.3) is 0 Å². The molecule has 0 fully saturated rings. The van der Waals surface area contributed by atoms with Gasteiger partial charge in [0.1, 0.15) is 0 Å². The van der Waals surface area contributed by atoms with Crippen molar-refractivity contribution in [2.75, 3.05) is 13.2 Å². The first-order valence-corrected chi connectivity index (χ1v) is 6.95. The van der Waals surface area contributed by atoms with E-state index < -0.39 is 5.97 Å². The summed E-state index contributed by atoms with van der Waals surface area (Å²) in [5, 5.41) is 25.7. The molecule has 0 aliphatic carbocycles. The minimum Gasteiger partial charge on any atom is -0.478 e. The Hall–Kier alpha value is -0.870. The second-order valence-corrected chi connectivity index (χ2v) is 5.32. The van der Waals surface area contributed by atoms with E-state index in [4.69, 9.17) is 15.3 Å². The lowest BCUT2D eigenvalue weighted by molar-refractivity contribution is -0.132. The van der Waals surface area contributed by atoms with Crippen LogP contribution in [-0.2, 0) is 4.79 Å². The number of aliphatic hydroxyl groups excluding tert-OH is 2. The standard InChI is InChI=1S/C10H18O2.C5H12O2/c1-4-7-8(5-2)9(6-3)10(11)12;1-5(2,3-6)4-7/h4-7H2,1-3H3,(H,11,12);6-7H,3-4H2,1-2H3. The number of aliphatic hydroxyl groups is 2. The van der Waals surface area contributed by atoms with Gasteiger partial charge in [0, 0.05) is 11.0 Å². The Morgan fingerprint density at radius 3 is 1.63 bits per heavy atom. The molecule has 4 nitrogen and oxygen atoms in total. The predicted octanol–water partition coefficient (Wildman–Crippen LogP) is 2.98. The fourth-order valence-corrected chi connectivity index (χ4v) is 1.45. The van der Waals surface area contributed by atoms with Gasteiger partial charge in [-0.25, -0.2) is 4.79 Å². The molecule has 3 N–H and O–H groups in total. The second kappa shape index (κ2) is 11.0. The van der Waals surface area contributed by atoms with Crippen molar-refractivity contribution in [1.82, 2.24) is 0 Å². The molecule has 114 valence electrons. The monoisotopic (exact) mass is 274 g/mol. The summed E-state index contributed by atoms with van der Waals surface area (Å²) in [7, 11) is 0. The molecule has 0 unspecified atom stereocenters. The zero-order valence-corrected chi connectivity index (χ0v) is 13.0. The number of aliphatic carboxylic acids is 1. The second-order valence-electron chi connectivity index (χ2n) is 5.32. The van der Waals surface area contributed by atoms with Gasteiger partial charge in [-0.15, -0.1) is 0 Å². The van der Waals surface area contributed by atoms with E-state index in [1.807, 2.05) is 13.8 Å². The molecule has 0 aromatic rings. The Kier molecular flexibility index (Phi) is 11.8. The highest BCUT2D eigenvalue weighted by Crippen LogP contribution is 2.17. The smallest absolute Gasteiger partial charge is 0.331 e. The molecule has 0 aliphatic heterocycles. The third-order valence-electron chi connectivity index (χ3n) is 2.87. The van der Waals surface area contributed by atoms with Crippen molar-refractivity contribution < 1.29 is 20.1 Å². The van der Waals surface area contributed by atoms with Crippen LogP contribution in [0.15, 0.2) is 11.1 Å². The molecule has 4 heteroatoms. The molecule has 0 heterocycles. The fourth-order valence-electron chi connectivity index (χ4n) is 1.45. The van der Waals surface area contributed by atoms with Crippen molar-refractivity contribution in [3.05, 3.63) is 11.1 Å². The maximum absolute atomic E-state index is 10.7. The molecule has 0 spiro atoms. The van der Waals surface area contributed by atoms with Crippen LogP contribution in [0.1, 0.15) is 60.3 Å². The maximum Gasteiger partial charge on any atom is 0.331 e. The molecular formula is C15H30O4. The highest BCUT2D eigenvalue weighted by molar-refractivity contribution is 5.87. The largest absolute Gasteiger partial charge is 0.478 e. The summed E-state index contributed by atoms with van der Waals surface area (Å²) >= 11 is 0. The number of carboxylic acids is 1. The zero-order chi connectivity index (χ0) is 15.5. The van der Waals surface area contributed by atoms with Crippen molar-refractivity contribution in [2.24, 2.45) is 5.41 Å². The van der Waals surface area contributed by atoms with Crippen molar-refractivity contribution in [2.45, 2.75) is 60.3 Å². The van der Waals surface area contributed by atoms with E-state index in [-0.39, 0.29) is 18.6 Å². The van der Waals surface area contributed by atoms with Crippen LogP contribution in [0, 0.1) is 5.41 Å². The summed E-state index contributed by atoms with van der Waals surface area (Å²) in [6, 6.07) is 0. The van der Waals surface area contributed by atoms with Crippen LogP contribution in [0.2, 0.25) is 0 Å². The summed E-state index contributed by atoms with van der Waals surface area (Å²) < 4.78 is 0. The molecule has 0 rings (SSSR count). The quantitative estimate of drug-likeness (QED) is 0.624. The van der Waals surface area contributed by atoms with Gasteiger partial charge < -0.3 is 15.3 Å². The van der Waals surface area contributed by atoms with Crippen molar-refractivity contribution in [1.29, 1.82) is 0 Å². The van der Waals surface area contributed by atoms with Gasteiger partial charge in [-0.3, -0.25) is 0 Å². The molecule has 0 saturated heterocycles. The lowest BCUT2D eigenvalue weighted by atomic mass is 9.97. The first-order valence-electron chi connectivity index (χ1n) is 6.95. The fraction of sp³-hybridized carbons (Fsp3) is 0.800. The van der Waals surface area contributed by atoms with E-state index in [0.717, 1.165) is 24.8 Å². The third-order valence-corrected chi connectivity index (χ3v) is 2.87. The van der Waals surface area contributed by atoms with Crippen LogP contribution in [0.4, 0.5) is 0 Å². The van der Waals surface area contributed by atoms with Gasteiger partial charge in [0.05, 0.1) is 13.2 Å². The normalized spacial score (nSPS) is 12.4. The number of rotatable bonds is 7. The van der Waals surface area contributed by atoms with Gasteiger partial charge in [-0.1, -0.05) is 46.6 Å². The van der Waals surface area contributed by atoms with E-state index in [0.29, 0.717) is 12.0 Å². The Morgan fingerprint density at radius 1 is 1.00 bits per heavy atom. The van der Waals surface area contributed by atoms with Crippen LogP contribution in [0.3, 0.4) is 0 Å². The van der Waals surface area contributed by atoms with Crippen molar-refractivity contribution in [3.8, 4) is 0 Å². The number of hydrogen-bond acceptors (Lipinski definition) is 3. The Labute approximate surface area is 117 Å². The highest BCUT2D eigenvalue weighted by Gasteiger charge is 2.13. The van der Waals surface area contributed by atoms with E-state index in [1.165, 1.54) is 0 Å². The predicted molar refractivity (Wildman–Crippen MR) is 78.1 cm³/mol. The molecule has 19 heavy (non-hydrogen) atoms. The van der Waals surface area contributed by atoms with E-state index >= 15 is 0 Å². The zero-order valence-electron chi connectivity index (χ0n) is 13.0. The Balaban J connectivity index is 0. The van der Waals surface area contributed by atoms with Crippen LogP contribution in [0.5, 0.6) is 0 Å². The first-order chi connectivity index (χ1) is 8.79. The summed E-state index contributed by atoms with van der Waals surface area (Å²) in [5.41, 5.74) is 1.41. The van der Waals surface area contributed by atoms with E-state index in [1.54, 1.807) is 13.8 Å². The molecule has 0 radical (unpaired) electrons. The molecule has 0 amide bonds. The van der Waals surface area contributed by atoms with Crippen molar-refractivity contribution in [3.63, 3.8) is 0 Å². The summed E-state index contributed by atoms with van der Waals surface area (Å²) in [6.07, 6.45) is 3.45. The van der Waals surface area contributed by atoms with Crippen LogP contribution in [-0.4, -0.2) is 34.5 Å². The molecule has 0 atom stereocenters. The average Bonchev–Trinajstić information content (AvgIpc) is 2.39. The topological polar surface area (TPSA) is 77.8 Å². The van der Waals surface area contributed by atoms with Gasteiger partial charge in [0.2, 0.25) is 0 Å². The Bertz CT molecular complexity index is 274. The number of hydrogen-bond donors (Lipinski definition) is 3. The highest BCUT2D eigenvalue weighted by atomic mass is 16.4. The average molecular weight is 274 g/mol. The summed E-state index contributed by atoms with van der Waals surface area (Å²) in [4.78, 5) is 10.7. The molecule has 0 saturated carbocycles.